The number of carboxylic acid groups (broad SMARTS) is 1. The maximum absolute atomic E-state index is 12.3. The van der Waals surface area contributed by atoms with E-state index < -0.39 is 51.1 Å². The molecular weight excluding hydrogens is 553 g/mol. The highest BCUT2D eigenvalue weighted by Crippen LogP contribution is 2.43. The second-order valence-corrected chi connectivity index (χ2v) is 10.6. The van der Waals surface area contributed by atoms with Crippen molar-refractivity contribution >= 4 is 25.7 Å². The van der Waals surface area contributed by atoms with E-state index in [1.165, 1.54) is 0 Å². The smallest absolute Gasteiger partial charge is 0.472 e. The molecule has 0 amide bonds. The third kappa shape index (κ3) is 24.9. The molecule has 0 spiro atoms. The summed E-state index contributed by atoms with van der Waals surface area (Å²) >= 11 is 0. The highest BCUT2D eigenvalue weighted by Gasteiger charge is 2.28. The van der Waals surface area contributed by atoms with Gasteiger partial charge >= 0.3 is 25.7 Å². The number of unbranched alkanes of at least 4 members (excludes halogenated alkanes) is 4. The molecule has 0 aliphatic rings. The Morgan fingerprint density at radius 1 is 0.780 bits per heavy atom. The van der Waals surface area contributed by atoms with E-state index in [0.29, 0.717) is 6.42 Å². The number of carbonyl (C=O) groups excluding carboxylic acids is 2. The Morgan fingerprint density at radius 2 is 1.34 bits per heavy atom. The van der Waals surface area contributed by atoms with Crippen molar-refractivity contribution in [3.05, 3.63) is 48.6 Å². The van der Waals surface area contributed by atoms with Crippen LogP contribution in [0.15, 0.2) is 48.6 Å². The van der Waals surface area contributed by atoms with Crippen molar-refractivity contribution in [3.8, 4) is 0 Å². The number of phosphoric ester groups is 1. The Bertz CT molecular complexity index is 900. The fourth-order valence-corrected chi connectivity index (χ4v) is 3.87. The number of carbonyl (C=O) groups is 3. The number of phosphoric acid groups is 1. The van der Waals surface area contributed by atoms with Gasteiger partial charge in [0, 0.05) is 12.8 Å². The number of carboxylic acids is 1. The molecule has 11 nitrogen and oxygen atoms in total. The summed E-state index contributed by atoms with van der Waals surface area (Å²) in [5.74, 6) is -2.53. The summed E-state index contributed by atoms with van der Waals surface area (Å²) in [7, 11) is -4.68. The van der Waals surface area contributed by atoms with E-state index in [2.05, 4.69) is 60.1 Å². The van der Waals surface area contributed by atoms with Gasteiger partial charge in [0.15, 0.2) is 6.10 Å². The second kappa shape index (κ2) is 25.2. The Kier molecular flexibility index (Phi) is 23.6. The molecule has 0 rings (SSSR count). The van der Waals surface area contributed by atoms with Gasteiger partial charge in [-0.05, 0) is 44.9 Å². The Labute approximate surface area is 244 Å². The summed E-state index contributed by atoms with van der Waals surface area (Å²) < 4.78 is 31.5. The van der Waals surface area contributed by atoms with E-state index in [1.54, 1.807) is 6.92 Å². The van der Waals surface area contributed by atoms with Gasteiger partial charge in [-0.1, -0.05) is 75.3 Å². The van der Waals surface area contributed by atoms with Crippen LogP contribution >= 0.6 is 7.82 Å². The lowest BCUT2D eigenvalue weighted by Gasteiger charge is -2.20. The summed E-state index contributed by atoms with van der Waals surface area (Å²) in [6.07, 6.45) is 24.6. The minimum atomic E-state index is -4.68. The molecule has 3 unspecified atom stereocenters. The maximum atomic E-state index is 12.3. The van der Waals surface area contributed by atoms with Crippen LogP contribution in [-0.2, 0) is 37.5 Å². The molecule has 3 atom stereocenters. The van der Waals surface area contributed by atoms with E-state index in [9.17, 15) is 23.8 Å². The topological polar surface area (TPSA) is 172 Å². The SMILES string of the molecule is CC/C=C\C/C=C\C/C=C\C/C=C\CCCCCCC(=O)OC(COC(=O)CC)COP(=O)(O)OCC(N)C(=O)O. The highest BCUT2D eigenvalue weighted by molar-refractivity contribution is 7.47. The van der Waals surface area contributed by atoms with Crippen LogP contribution in [0.25, 0.3) is 0 Å². The number of aliphatic carboxylic acids is 1. The lowest BCUT2D eigenvalue weighted by molar-refractivity contribution is -0.161. The number of esters is 2. The van der Waals surface area contributed by atoms with E-state index >= 15 is 0 Å². The molecule has 0 saturated carbocycles. The summed E-state index contributed by atoms with van der Waals surface area (Å²) in [5.41, 5.74) is 5.23. The van der Waals surface area contributed by atoms with Crippen molar-refractivity contribution in [2.75, 3.05) is 19.8 Å². The van der Waals surface area contributed by atoms with Crippen molar-refractivity contribution < 1.29 is 47.5 Å². The Balaban J connectivity index is 4.23. The van der Waals surface area contributed by atoms with Gasteiger partial charge in [-0.15, -0.1) is 0 Å². The zero-order valence-corrected chi connectivity index (χ0v) is 25.3. The van der Waals surface area contributed by atoms with E-state index in [4.69, 9.17) is 24.8 Å². The lowest BCUT2D eigenvalue weighted by atomic mass is 10.1. The maximum Gasteiger partial charge on any atom is 0.472 e. The zero-order chi connectivity index (χ0) is 30.8. The van der Waals surface area contributed by atoms with E-state index in [0.717, 1.165) is 51.4 Å². The number of hydrogen-bond donors (Lipinski definition) is 3. The number of hydrogen-bond acceptors (Lipinski definition) is 9. The van der Waals surface area contributed by atoms with Gasteiger partial charge < -0.3 is 25.2 Å². The van der Waals surface area contributed by atoms with Crippen LogP contribution in [0.1, 0.15) is 84.5 Å². The quantitative estimate of drug-likeness (QED) is 0.0519. The molecule has 4 N–H and O–H groups in total. The molecule has 0 aliphatic heterocycles. The molecule has 0 saturated heterocycles. The Hall–Kier alpha value is -2.56. The molecule has 0 aromatic carbocycles. The fourth-order valence-electron chi connectivity index (χ4n) is 3.09. The number of ether oxygens (including phenoxy) is 2. The minimum absolute atomic E-state index is 0.0944. The molecule has 41 heavy (non-hydrogen) atoms. The molecule has 0 bridgehead atoms. The molecule has 0 fully saturated rings. The van der Waals surface area contributed by atoms with Gasteiger partial charge in [0.2, 0.25) is 0 Å². The van der Waals surface area contributed by atoms with Crippen LogP contribution in [0.3, 0.4) is 0 Å². The molecule has 0 aromatic heterocycles. The number of nitrogens with two attached hydrogens (primary N) is 1. The van der Waals surface area contributed by atoms with Gasteiger partial charge in [-0.3, -0.25) is 23.4 Å². The average molecular weight is 602 g/mol. The normalized spacial score (nSPS) is 15.0. The first kappa shape index (κ1) is 38.4. The largest absolute Gasteiger partial charge is 0.480 e. The van der Waals surface area contributed by atoms with Crippen LogP contribution < -0.4 is 5.73 Å². The van der Waals surface area contributed by atoms with Crippen molar-refractivity contribution in [3.63, 3.8) is 0 Å². The third-order valence-corrected chi connectivity index (χ3v) is 6.35. The minimum Gasteiger partial charge on any atom is -0.480 e. The van der Waals surface area contributed by atoms with Gasteiger partial charge in [0.1, 0.15) is 12.6 Å². The van der Waals surface area contributed by atoms with Crippen molar-refractivity contribution in [1.29, 1.82) is 0 Å². The van der Waals surface area contributed by atoms with Crippen LogP contribution in [0, 0.1) is 0 Å². The average Bonchev–Trinajstić information content (AvgIpc) is 2.94. The number of rotatable bonds is 25. The summed E-state index contributed by atoms with van der Waals surface area (Å²) in [4.78, 5) is 44.2. The van der Waals surface area contributed by atoms with Crippen LogP contribution in [0.5, 0.6) is 0 Å². The van der Waals surface area contributed by atoms with Crippen LogP contribution in [0.2, 0.25) is 0 Å². The fraction of sp³-hybridized carbons (Fsp3) is 0.621. The van der Waals surface area contributed by atoms with Crippen molar-refractivity contribution in [2.24, 2.45) is 5.73 Å². The standard InChI is InChI=1S/C29H48NO10P/c1-3-5-6-7-8-9-10-11-12-13-14-15-16-17-18-19-20-21-28(32)40-25(22-37-27(31)4-2)23-38-41(35,36)39-24-26(30)29(33)34/h5-6,8-9,11-12,14-15,25-26H,3-4,7,10,13,16-24,30H2,1-2H3,(H,33,34)(H,35,36)/b6-5-,9-8-,12-11-,15-14-. The molecule has 0 heterocycles. The van der Waals surface area contributed by atoms with E-state index in [-0.39, 0.29) is 19.4 Å². The van der Waals surface area contributed by atoms with Crippen LogP contribution in [0.4, 0.5) is 0 Å². The van der Waals surface area contributed by atoms with E-state index in [1.807, 2.05) is 0 Å². The first-order valence-corrected chi connectivity index (χ1v) is 15.7. The summed E-state index contributed by atoms with van der Waals surface area (Å²) in [6, 6.07) is -1.52. The molecule has 0 aromatic rings. The molecular formula is C29H48NO10P. The van der Waals surface area contributed by atoms with Gasteiger partial charge in [-0.25, -0.2) is 4.57 Å². The van der Waals surface area contributed by atoms with Gasteiger partial charge in [-0.2, -0.15) is 0 Å². The van der Waals surface area contributed by atoms with Gasteiger partial charge in [0.25, 0.3) is 0 Å². The third-order valence-electron chi connectivity index (χ3n) is 5.40. The summed E-state index contributed by atoms with van der Waals surface area (Å²) in [5, 5.41) is 8.73. The summed E-state index contributed by atoms with van der Waals surface area (Å²) in [6.45, 7) is 1.97. The molecule has 12 heteroatoms. The first-order chi connectivity index (χ1) is 19.6. The first-order valence-electron chi connectivity index (χ1n) is 14.2. The predicted molar refractivity (Wildman–Crippen MR) is 157 cm³/mol. The molecule has 234 valence electrons. The zero-order valence-electron chi connectivity index (χ0n) is 24.4. The van der Waals surface area contributed by atoms with Crippen molar-refractivity contribution in [1.82, 2.24) is 0 Å². The highest BCUT2D eigenvalue weighted by atomic mass is 31.2. The number of allylic oxidation sites excluding steroid dienone is 8. The molecule has 0 radical (unpaired) electrons. The van der Waals surface area contributed by atoms with Crippen molar-refractivity contribution in [2.45, 2.75) is 96.6 Å². The Morgan fingerprint density at radius 3 is 1.93 bits per heavy atom. The predicted octanol–water partition coefficient (Wildman–Crippen LogP) is 5.54. The molecule has 0 aliphatic carbocycles. The lowest BCUT2D eigenvalue weighted by Crippen LogP contribution is -2.34. The monoisotopic (exact) mass is 601 g/mol. The van der Waals surface area contributed by atoms with Crippen LogP contribution in [-0.4, -0.2) is 59.9 Å². The van der Waals surface area contributed by atoms with Gasteiger partial charge in [0.05, 0.1) is 13.2 Å². The second-order valence-electron chi connectivity index (χ2n) is 9.11.